The normalized spacial score (nSPS) is 16.4. The number of halogens is 1. The fourth-order valence-corrected chi connectivity index (χ4v) is 4.89. The first-order valence-corrected chi connectivity index (χ1v) is 10.9. The Hall–Kier alpha value is -2.36. The van der Waals surface area contributed by atoms with Gasteiger partial charge in [0.2, 0.25) is 5.91 Å². The zero-order chi connectivity index (χ0) is 20.8. The Bertz CT molecular complexity index is 878. The maximum atomic E-state index is 13.3. The molecule has 0 aromatic heterocycles. The number of carbonyl (C=O) groups excluding carboxylic acids is 1. The average molecular weight is 412 g/mol. The fraction of sp³-hybridized carbons (Fsp3) is 0.391. The second-order valence-electron chi connectivity index (χ2n) is 7.74. The van der Waals surface area contributed by atoms with E-state index in [1.54, 1.807) is 30.0 Å². The number of amides is 1. The predicted octanol–water partition coefficient (Wildman–Crippen LogP) is 4.43. The molecule has 1 aliphatic heterocycles. The molecule has 2 aromatic carbocycles. The molecular formula is C23H26FN3OS. The van der Waals surface area contributed by atoms with Gasteiger partial charge in [-0.2, -0.15) is 5.26 Å². The highest BCUT2D eigenvalue weighted by molar-refractivity contribution is 7.99. The minimum absolute atomic E-state index is 0.0640. The van der Waals surface area contributed by atoms with Gasteiger partial charge in [-0.1, -0.05) is 38.1 Å². The van der Waals surface area contributed by atoms with Crippen molar-refractivity contribution in [1.29, 1.82) is 5.26 Å². The summed E-state index contributed by atoms with van der Waals surface area (Å²) in [5.41, 5.74) is 2.62. The van der Waals surface area contributed by atoms with Crippen LogP contribution in [0, 0.1) is 23.1 Å². The summed E-state index contributed by atoms with van der Waals surface area (Å²) in [5.74, 6) is 1.11. The van der Waals surface area contributed by atoms with E-state index in [2.05, 4.69) is 24.8 Å². The Balaban J connectivity index is 1.71. The molecule has 0 N–H and O–H groups in total. The second kappa shape index (κ2) is 9.91. The van der Waals surface area contributed by atoms with Gasteiger partial charge in [0, 0.05) is 25.4 Å². The Labute approximate surface area is 176 Å². The number of hydrogen-bond acceptors (Lipinski definition) is 4. The van der Waals surface area contributed by atoms with Gasteiger partial charge in [-0.05, 0) is 41.3 Å². The molecule has 0 radical (unpaired) electrons. The lowest BCUT2D eigenvalue weighted by molar-refractivity contribution is -0.132. The molecule has 0 bridgehead atoms. The molecule has 1 amide bonds. The predicted molar refractivity (Wildman–Crippen MR) is 115 cm³/mol. The summed E-state index contributed by atoms with van der Waals surface area (Å²) in [6, 6.07) is 16.1. The number of hydrogen-bond donors (Lipinski definition) is 0. The van der Waals surface area contributed by atoms with Crippen LogP contribution in [0.4, 0.5) is 4.39 Å². The van der Waals surface area contributed by atoms with E-state index in [1.807, 2.05) is 23.1 Å². The third-order valence-corrected chi connectivity index (χ3v) is 6.07. The molecule has 29 heavy (non-hydrogen) atoms. The van der Waals surface area contributed by atoms with Gasteiger partial charge in [-0.3, -0.25) is 9.69 Å². The second-order valence-corrected chi connectivity index (χ2v) is 8.93. The standard InChI is InChI=1S/C23H26FN3OS/c1-17(2)14-26(15-19-5-3-4-18(12-19)13-25)16-22(28)27-10-11-29-23(27)20-6-8-21(24)9-7-20/h3-9,12,17,23H,10-11,14-16H2,1-2H3. The monoisotopic (exact) mass is 411 g/mol. The smallest absolute Gasteiger partial charge is 0.237 e. The van der Waals surface area contributed by atoms with E-state index < -0.39 is 0 Å². The molecule has 0 saturated carbocycles. The van der Waals surface area contributed by atoms with E-state index in [1.165, 1.54) is 12.1 Å². The van der Waals surface area contributed by atoms with Crippen molar-refractivity contribution in [3.05, 3.63) is 71.0 Å². The van der Waals surface area contributed by atoms with E-state index in [9.17, 15) is 9.18 Å². The van der Waals surface area contributed by atoms with Gasteiger partial charge in [0.05, 0.1) is 18.2 Å². The molecular weight excluding hydrogens is 385 g/mol. The van der Waals surface area contributed by atoms with Crippen LogP contribution in [0.5, 0.6) is 0 Å². The van der Waals surface area contributed by atoms with Gasteiger partial charge in [0.1, 0.15) is 11.2 Å². The fourth-order valence-electron chi connectivity index (χ4n) is 3.61. The lowest BCUT2D eigenvalue weighted by atomic mass is 10.1. The molecule has 1 saturated heterocycles. The quantitative estimate of drug-likeness (QED) is 0.676. The zero-order valence-electron chi connectivity index (χ0n) is 16.8. The van der Waals surface area contributed by atoms with Gasteiger partial charge in [0.25, 0.3) is 0 Å². The molecule has 1 heterocycles. The maximum Gasteiger partial charge on any atom is 0.237 e. The van der Waals surface area contributed by atoms with Crippen LogP contribution < -0.4 is 0 Å². The van der Waals surface area contributed by atoms with Crippen LogP contribution in [0.2, 0.25) is 0 Å². The van der Waals surface area contributed by atoms with E-state index in [4.69, 9.17) is 5.26 Å². The molecule has 1 unspecified atom stereocenters. The topological polar surface area (TPSA) is 47.3 Å². The zero-order valence-corrected chi connectivity index (χ0v) is 17.7. The van der Waals surface area contributed by atoms with Crippen molar-refractivity contribution in [2.75, 3.05) is 25.4 Å². The minimum atomic E-state index is -0.266. The summed E-state index contributed by atoms with van der Waals surface area (Å²) < 4.78 is 13.3. The Morgan fingerprint density at radius 3 is 2.76 bits per heavy atom. The Kier molecular flexibility index (Phi) is 7.29. The summed E-state index contributed by atoms with van der Waals surface area (Å²) in [6.07, 6.45) is 0. The van der Waals surface area contributed by atoms with Crippen molar-refractivity contribution in [3.63, 3.8) is 0 Å². The van der Waals surface area contributed by atoms with Gasteiger partial charge >= 0.3 is 0 Å². The highest BCUT2D eigenvalue weighted by Gasteiger charge is 2.31. The van der Waals surface area contributed by atoms with Gasteiger partial charge < -0.3 is 4.90 Å². The van der Waals surface area contributed by atoms with E-state index >= 15 is 0 Å². The van der Waals surface area contributed by atoms with Crippen LogP contribution in [0.15, 0.2) is 48.5 Å². The third-order valence-electron chi connectivity index (χ3n) is 4.81. The summed E-state index contributed by atoms with van der Waals surface area (Å²) in [6.45, 7) is 6.72. The maximum absolute atomic E-state index is 13.3. The van der Waals surface area contributed by atoms with E-state index in [0.29, 0.717) is 31.1 Å². The number of thioether (sulfide) groups is 1. The first-order chi connectivity index (χ1) is 14.0. The lowest BCUT2D eigenvalue weighted by Gasteiger charge is -2.29. The SMILES string of the molecule is CC(C)CN(CC(=O)N1CCSC1c1ccc(F)cc1)Cc1cccc(C#N)c1. The lowest BCUT2D eigenvalue weighted by Crippen LogP contribution is -2.41. The van der Waals surface area contributed by atoms with Crippen LogP contribution in [0.3, 0.4) is 0 Å². The van der Waals surface area contributed by atoms with Crippen molar-refractivity contribution in [1.82, 2.24) is 9.80 Å². The van der Waals surface area contributed by atoms with Crippen LogP contribution in [-0.4, -0.2) is 41.1 Å². The van der Waals surface area contributed by atoms with E-state index in [0.717, 1.165) is 23.4 Å². The van der Waals surface area contributed by atoms with Crippen LogP contribution in [0.1, 0.15) is 35.9 Å². The molecule has 1 atom stereocenters. The Morgan fingerprint density at radius 1 is 1.31 bits per heavy atom. The third kappa shape index (κ3) is 5.81. The first-order valence-electron chi connectivity index (χ1n) is 9.84. The molecule has 0 aliphatic carbocycles. The van der Waals surface area contributed by atoms with Crippen molar-refractivity contribution in [2.45, 2.75) is 25.8 Å². The molecule has 4 nitrogen and oxygen atoms in total. The van der Waals surface area contributed by atoms with Crippen molar-refractivity contribution < 1.29 is 9.18 Å². The molecule has 152 valence electrons. The number of benzene rings is 2. The minimum Gasteiger partial charge on any atom is -0.325 e. The van der Waals surface area contributed by atoms with Crippen molar-refractivity contribution in [3.8, 4) is 6.07 Å². The number of nitrogens with zero attached hydrogens (tertiary/aromatic N) is 3. The van der Waals surface area contributed by atoms with Gasteiger partial charge in [0.15, 0.2) is 0 Å². The van der Waals surface area contributed by atoms with Crippen LogP contribution in [0.25, 0.3) is 0 Å². The molecule has 1 fully saturated rings. The highest BCUT2D eigenvalue weighted by Crippen LogP contribution is 2.38. The van der Waals surface area contributed by atoms with Gasteiger partial charge in [-0.15, -0.1) is 11.8 Å². The summed E-state index contributed by atoms with van der Waals surface area (Å²) in [4.78, 5) is 17.2. The summed E-state index contributed by atoms with van der Waals surface area (Å²) in [7, 11) is 0. The van der Waals surface area contributed by atoms with E-state index in [-0.39, 0.29) is 17.1 Å². The van der Waals surface area contributed by atoms with Crippen molar-refractivity contribution in [2.24, 2.45) is 5.92 Å². The molecule has 3 rings (SSSR count). The molecule has 6 heteroatoms. The summed E-state index contributed by atoms with van der Waals surface area (Å²) >= 11 is 1.72. The highest BCUT2D eigenvalue weighted by atomic mass is 32.2. The first kappa shape index (κ1) is 21.4. The number of nitriles is 1. The molecule has 2 aromatic rings. The number of rotatable bonds is 7. The van der Waals surface area contributed by atoms with Crippen LogP contribution >= 0.6 is 11.8 Å². The molecule has 1 aliphatic rings. The number of carbonyl (C=O) groups is 1. The molecule has 0 spiro atoms. The van der Waals surface area contributed by atoms with Crippen LogP contribution in [-0.2, 0) is 11.3 Å². The average Bonchev–Trinajstić information content (AvgIpc) is 3.18. The van der Waals surface area contributed by atoms with Gasteiger partial charge in [-0.25, -0.2) is 4.39 Å². The summed E-state index contributed by atoms with van der Waals surface area (Å²) in [5, 5.41) is 9.07. The Morgan fingerprint density at radius 2 is 2.07 bits per heavy atom. The van der Waals surface area contributed by atoms with Crippen molar-refractivity contribution >= 4 is 17.7 Å². The largest absolute Gasteiger partial charge is 0.325 e.